The van der Waals surface area contributed by atoms with Gasteiger partial charge >= 0.3 is 0 Å². The van der Waals surface area contributed by atoms with Crippen LogP contribution >= 0.6 is 23.2 Å². The summed E-state index contributed by atoms with van der Waals surface area (Å²) >= 11 is 12.2. The Morgan fingerprint density at radius 1 is 1.00 bits per heavy atom. The van der Waals surface area contributed by atoms with Crippen LogP contribution in [0.5, 0.6) is 0 Å². The molecule has 4 nitrogen and oxygen atoms in total. The molecular weight excluding hydrogens is 345 g/mol. The Morgan fingerprint density at radius 3 is 2.46 bits per heavy atom. The van der Waals surface area contributed by atoms with Gasteiger partial charge in [0.2, 0.25) is 11.7 Å². The van der Waals surface area contributed by atoms with Crippen molar-refractivity contribution >= 4 is 23.2 Å². The summed E-state index contributed by atoms with van der Waals surface area (Å²) in [4.78, 5) is 4.47. The normalized spacial score (nSPS) is 13.7. The first-order valence-electron chi connectivity index (χ1n) is 7.64. The molecule has 0 saturated carbocycles. The highest BCUT2D eigenvalue weighted by molar-refractivity contribution is 6.35. The topological polar surface area (TPSA) is 51.0 Å². The van der Waals surface area contributed by atoms with E-state index in [-0.39, 0.29) is 12.1 Å². The molecule has 0 aliphatic rings. The van der Waals surface area contributed by atoms with E-state index in [9.17, 15) is 0 Å². The Morgan fingerprint density at radius 2 is 1.75 bits per heavy atom. The minimum atomic E-state index is -0.114. The fraction of sp³-hybridized carbons (Fsp3) is 0.222. The van der Waals surface area contributed by atoms with Gasteiger partial charge in [-0.3, -0.25) is 5.32 Å². The van der Waals surface area contributed by atoms with Crippen molar-refractivity contribution in [1.29, 1.82) is 0 Å². The Bertz CT molecular complexity index is 820. The molecule has 0 amide bonds. The fourth-order valence-electron chi connectivity index (χ4n) is 2.50. The first-order chi connectivity index (χ1) is 11.5. The summed E-state index contributed by atoms with van der Waals surface area (Å²) in [6, 6.07) is 15.1. The van der Waals surface area contributed by atoms with Gasteiger partial charge in [-0.2, -0.15) is 4.98 Å². The third kappa shape index (κ3) is 3.78. The molecule has 3 aromatic rings. The zero-order valence-corrected chi connectivity index (χ0v) is 14.8. The lowest BCUT2D eigenvalue weighted by molar-refractivity contribution is 0.328. The molecule has 0 aliphatic carbocycles. The Hall–Kier alpha value is -1.88. The van der Waals surface area contributed by atoms with Crippen LogP contribution in [-0.4, -0.2) is 10.1 Å². The molecule has 24 heavy (non-hydrogen) atoms. The number of benzene rings is 2. The summed E-state index contributed by atoms with van der Waals surface area (Å²) in [6.07, 6.45) is 0. The number of hydrogen-bond donors (Lipinski definition) is 1. The van der Waals surface area contributed by atoms with Crippen LogP contribution in [0.4, 0.5) is 0 Å². The predicted octanol–water partition coefficient (Wildman–Crippen LogP) is 5.46. The predicted molar refractivity (Wildman–Crippen MR) is 96.2 cm³/mol. The van der Waals surface area contributed by atoms with Gasteiger partial charge in [0.1, 0.15) is 0 Å². The van der Waals surface area contributed by atoms with Gasteiger partial charge in [0, 0.05) is 21.7 Å². The SMILES string of the molecule is CC(NC(C)c1ccc(Cl)cc1Cl)c1nc(-c2ccccc2)no1. The molecule has 1 N–H and O–H groups in total. The number of halogens is 2. The van der Waals surface area contributed by atoms with Crippen molar-refractivity contribution in [3.63, 3.8) is 0 Å². The first kappa shape index (κ1) is 17.0. The third-order valence-electron chi connectivity index (χ3n) is 3.77. The van der Waals surface area contributed by atoms with Gasteiger partial charge < -0.3 is 4.52 Å². The molecule has 0 spiro atoms. The van der Waals surface area contributed by atoms with Gasteiger partial charge in [-0.25, -0.2) is 0 Å². The lowest BCUT2D eigenvalue weighted by Crippen LogP contribution is -2.23. The van der Waals surface area contributed by atoms with E-state index in [0.29, 0.717) is 21.8 Å². The summed E-state index contributed by atoms with van der Waals surface area (Å²) in [7, 11) is 0. The Kier molecular flexibility index (Phi) is 5.19. The molecule has 0 radical (unpaired) electrons. The van der Waals surface area contributed by atoms with Crippen molar-refractivity contribution in [1.82, 2.24) is 15.5 Å². The van der Waals surface area contributed by atoms with E-state index in [1.807, 2.05) is 56.3 Å². The van der Waals surface area contributed by atoms with Crippen LogP contribution in [0.2, 0.25) is 10.0 Å². The van der Waals surface area contributed by atoms with E-state index in [1.54, 1.807) is 6.07 Å². The van der Waals surface area contributed by atoms with Gasteiger partial charge in [0.25, 0.3) is 0 Å². The monoisotopic (exact) mass is 361 g/mol. The minimum Gasteiger partial charge on any atom is -0.337 e. The molecule has 2 unspecified atom stereocenters. The Balaban J connectivity index is 1.73. The molecule has 0 bridgehead atoms. The van der Waals surface area contributed by atoms with Crippen LogP contribution in [0.25, 0.3) is 11.4 Å². The molecular formula is C18H17Cl2N3O. The molecule has 124 valence electrons. The molecule has 3 rings (SSSR count). The minimum absolute atomic E-state index is 0.0110. The van der Waals surface area contributed by atoms with E-state index >= 15 is 0 Å². The maximum Gasteiger partial charge on any atom is 0.243 e. The number of nitrogens with one attached hydrogen (secondary N) is 1. The molecule has 2 aromatic carbocycles. The van der Waals surface area contributed by atoms with Crippen molar-refractivity contribution in [3.05, 3.63) is 70.0 Å². The largest absolute Gasteiger partial charge is 0.337 e. The van der Waals surface area contributed by atoms with E-state index in [1.165, 1.54) is 0 Å². The first-order valence-corrected chi connectivity index (χ1v) is 8.40. The van der Waals surface area contributed by atoms with Gasteiger partial charge in [-0.1, -0.05) is 64.8 Å². The van der Waals surface area contributed by atoms with Crippen LogP contribution in [0.1, 0.15) is 37.4 Å². The van der Waals surface area contributed by atoms with Crippen LogP contribution in [0, 0.1) is 0 Å². The number of rotatable bonds is 5. The lowest BCUT2D eigenvalue weighted by Gasteiger charge is -2.19. The van der Waals surface area contributed by atoms with Crippen LogP contribution in [0.3, 0.4) is 0 Å². The summed E-state index contributed by atoms with van der Waals surface area (Å²) < 4.78 is 5.39. The average molecular weight is 362 g/mol. The molecule has 2 atom stereocenters. The smallest absolute Gasteiger partial charge is 0.243 e. The van der Waals surface area contributed by atoms with Gasteiger partial charge in [-0.05, 0) is 31.5 Å². The number of nitrogens with zero attached hydrogens (tertiary/aromatic N) is 2. The summed E-state index contributed by atoms with van der Waals surface area (Å²) in [5.74, 6) is 1.11. The summed E-state index contributed by atoms with van der Waals surface area (Å²) in [5.41, 5.74) is 1.89. The molecule has 0 fully saturated rings. The third-order valence-corrected chi connectivity index (χ3v) is 4.34. The van der Waals surface area contributed by atoms with Crippen LogP contribution in [-0.2, 0) is 0 Å². The number of aromatic nitrogens is 2. The lowest BCUT2D eigenvalue weighted by atomic mass is 10.1. The van der Waals surface area contributed by atoms with Gasteiger partial charge in [0.15, 0.2) is 0 Å². The van der Waals surface area contributed by atoms with Crippen molar-refractivity contribution < 1.29 is 4.52 Å². The fourth-order valence-corrected chi connectivity index (χ4v) is 3.08. The quantitative estimate of drug-likeness (QED) is 0.655. The van der Waals surface area contributed by atoms with Crippen molar-refractivity contribution in [3.8, 4) is 11.4 Å². The van der Waals surface area contributed by atoms with Crippen LogP contribution < -0.4 is 5.32 Å². The highest BCUT2D eigenvalue weighted by atomic mass is 35.5. The number of hydrogen-bond acceptors (Lipinski definition) is 4. The summed E-state index contributed by atoms with van der Waals surface area (Å²) in [6.45, 7) is 4.00. The van der Waals surface area contributed by atoms with Crippen molar-refractivity contribution in [2.75, 3.05) is 0 Å². The molecule has 0 saturated heterocycles. The highest BCUT2D eigenvalue weighted by Gasteiger charge is 2.19. The van der Waals surface area contributed by atoms with Crippen molar-refractivity contribution in [2.45, 2.75) is 25.9 Å². The van der Waals surface area contributed by atoms with Gasteiger partial charge in [0.05, 0.1) is 6.04 Å². The standard InChI is InChI=1S/C18H17Cl2N3O/c1-11(15-9-8-14(19)10-16(15)20)21-12(2)18-22-17(23-24-18)13-6-4-3-5-7-13/h3-12,21H,1-2H3. The average Bonchev–Trinajstić information content (AvgIpc) is 3.05. The van der Waals surface area contributed by atoms with E-state index < -0.39 is 0 Å². The second kappa shape index (κ2) is 7.34. The second-order valence-electron chi connectivity index (χ2n) is 5.60. The molecule has 0 aliphatic heterocycles. The maximum atomic E-state index is 6.26. The second-order valence-corrected chi connectivity index (χ2v) is 6.44. The Labute approximate surface area is 150 Å². The van der Waals surface area contributed by atoms with E-state index in [0.717, 1.165) is 11.1 Å². The molecule has 6 heteroatoms. The molecule has 1 heterocycles. The maximum absolute atomic E-state index is 6.26. The van der Waals surface area contributed by atoms with Gasteiger partial charge in [-0.15, -0.1) is 0 Å². The zero-order valence-electron chi connectivity index (χ0n) is 13.3. The zero-order chi connectivity index (χ0) is 17.1. The molecule has 1 aromatic heterocycles. The van der Waals surface area contributed by atoms with E-state index in [2.05, 4.69) is 15.5 Å². The van der Waals surface area contributed by atoms with E-state index in [4.69, 9.17) is 27.7 Å². The highest BCUT2D eigenvalue weighted by Crippen LogP contribution is 2.28. The van der Waals surface area contributed by atoms with Crippen molar-refractivity contribution in [2.24, 2.45) is 0 Å². The summed E-state index contributed by atoms with van der Waals surface area (Å²) in [5, 5.41) is 8.71. The van der Waals surface area contributed by atoms with Crippen LogP contribution in [0.15, 0.2) is 53.1 Å².